The largest absolute Gasteiger partial charge is 0.204 e. The maximum Gasteiger partial charge on any atom is 0.160 e. The number of rotatable bonds is 3. The van der Waals surface area contributed by atoms with Crippen LogP contribution in [-0.2, 0) is 0 Å². The van der Waals surface area contributed by atoms with Gasteiger partial charge in [-0.15, -0.1) is 0 Å². The molecule has 1 aliphatic carbocycles. The minimum Gasteiger partial charge on any atom is -0.204 e. The molecule has 2 aromatic carbocycles. The molecule has 3 atom stereocenters. The molecule has 0 aromatic heterocycles. The average molecular weight is 341 g/mol. The molecule has 1 unspecified atom stereocenters. The topological polar surface area (TPSA) is 0 Å². The van der Waals surface area contributed by atoms with E-state index in [1.807, 2.05) is 12.1 Å². The van der Waals surface area contributed by atoms with Crippen LogP contribution in [0.3, 0.4) is 0 Å². The lowest BCUT2D eigenvalue weighted by Gasteiger charge is -2.28. The number of hydrogen-bond donors (Lipinski definition) is 0. The predicted molar refractivity (Wildman–Crippen MR) is 98.4 cm³/mol. The van der Waals surface area contributed by atoms with Crippen LogP contribution in [0.15, 0.2) is 42.5 Å². The molecule has 0 aliphatic heterocycles. The van der Waals surface area contributed by atoms with E-state index >= 15 is 0 Å². The van der Waals surface area contributed by atoms with Crippen molar-refractivity contribution < 1.29 is 12.9 Å². The van der Waals surface area contributed by atoms with E-state index in [0.29, 0.717) is 17.5 Å². The summed E-state index contributed by atoms with van der Waals surface area (Å²) >= 11 is 0. The van der Waals surface area contributed by atoms with E-state index in [0.717, 1.165) is 37.0 Å². The molecule has 25 heavy (non-hydrogen) atoms. The fourth-order valence-electron chi connectivity index (χ4n) is 3.16. The maximum absolute atomic E-state index is 13.3. The molecule has 0 bridgehead atoms. The first-order valence-corrected chi connectivity index (χ1v) is 8.79. The van der Waals surface area contributed by atoms with Crippen molar-refractivity contribution in [1.29, 1.82) is 0 Å². The van der Waals surface area contributed by atoms with Crippen LogP contribution in [0.5, 0.6) is 0 Å². The van der Waals surface area contributed by atoms with E-state index in [1.165, 1.54) is 6.07 Å². The van der Waals surface area contributed by atoms with Crippen molar-refractivity contribution in [2.45, 2.75) is 51.3 Å². The minimum atomic E-state index is -1.40. The molecule has 1 aliphatic rings. The lowest BCUT2D eigenvalue weighted by atomic mass is 9.77. The highest BCUT2D eigenvalue weighted by Crippen LogP contribution is 2.37. The van der Waals surface area contributed by atoms with Gasteiger partial charge < -0.3 is 0 Å². The smallest absolute Gasteiger partial charge is 0.160 e. The monoisotopic (exact) mass is 341 g/mol. The zero-order valence-corrected chi connectivity index (χ0v) is 14.4. The fraction of sp³-hybridized carbons (Fsp3) is 0.391. The molecule has 3 rings (SSSR count). The molecule has 2 aromatic rings. The minimum absolute atomic E-state index is 0.278. The SMILES string of the molecule is [2H][C@@H]1C[C@@H](CCC)CC([2H])([2H])C1c1ccc(C#Cc2ccc(F)c(F)c2)cc1. The quantitative estimate of drug-likeness (QED) is 0.564. The number of halogens is 2. The van der Waals surface area contributed by atoms with E-state index in [9.17, 15) is 8.78 Å². The van der Waals surface area contributed by atoms with E-state index < -0.39 is 30.3 Å². The summed E-state index contributed by atoms with van der Waals surface area (Å²) in [5.74, 6) is 3.72. The molecular formula is C23H24F2. The first kappa shape index (κ1) is 14.1. The third-order valence-electron chi connectivity index (χ3n) is 4.57. The summed E-state index contributed by atoms with van der Waals surface area (Å²) in [7, 11) is 0. The Morgan fingerprint density at radius 1 is 1.00 bits per heavy atom. The summed E-state index contributed by atoms with van der Waals surface area (Å²) in [6.07, 6.45) is 1.36. The summed E-state index contributed by atoms with van der Waals surface area (Å²) in [5.41, 5.74) is 1.91. The Labute approximate surface area is 153 Å². The molecule has 0 amide bonds. The first-order chi connectivity index (χ1) is 13.3. The molecular weight excluding hydrogens is 314 g/mol. The molecule has 130 valence electrons. The second-order valence-corrected chi connectivity index (χ2v) is 6.51. The number of hydrogen-bond acceptors (Lipinski definition) is 0. The summed E-state index contributed by atoms with van der Waals surface area (Å²) < 4.78 is 51.7. The molecule has 2 heteroatoms. The molecule has 0 nitrogen and oxygen atoms in total. The van der Waals surface area contributed by atoms with Gasteiger partial charge in [0, 0.05) is 15.2 Å². The van der Waals surface area contributed by atoms with Crippen molar-refractivity contribution in [3.8, 4) is 11.8 Å². The van der Waals surface area contributed by atoms with Crippen LogP contribution < -0.4 is 0 Å². The van der Waals surface area contributed by atoms with Crippen molar-refractivity contribution in [1.82, 2.24) is 0 Å². The Kier molecular flexibility index (Phi) is 4.67. The molecule has 0 saturated heterocycles. The Balaban J connectivity index is 1.77. The lowest BCUT2D eigenvalue weighted by molar-refractivity contribution is 0.308. The summed E-state index contributed by atoms with van der Waals surface area (Å²) in [6, 6.07) is 10.8. The van der Waals surface area contributed by atoms with Gasteiger partial charge in [0.25, 0.3) is 0 Å². The van der Waals surface area contributed by atoms with Gasteiger partial charge in [-0.25, -0.2) is 8.78 Å². The van der Waals surface area contributed by atoms with Crippen LogP contribution in [0.25, 0.3) is 0 Å². The molecule has 1 saturated carbocycles. The van der Waals surface area contributed by atoms with Crippen LogP contribution in [0.4, 0.5) is 8.78 Å². The van der Waals surface area contributed by atoms with Crippen LogP contribution >= 0.6 is 0 Å². The molecule has 0 heterocycles. The molecule has 0 N–H and O–H groups in total. The second-order valence-electron chi connectivity index (χ2n) is 6.51. The van der Waals surface area contributed by atoms with Crippen LogP contribution in [0.2, 0.25) is 0 Å². The molecule has 0 spiro atoms. The van der Waals surface area contributed by atoms with E-state index in [4.69, 9.17) is 4.11 Å². The summed E-state index contributed by atoms with van der Waals surface area (Å²) in [5, 5.41) is 0. The van der Waals surface area contributed by atoms with Gasteiger partial charge in [-0.1, -0.05) is 43.7 Å². The summed E-state index contributed by atoms with van der Waals surface area (Å²) in [4.78, 5) is 0. The standard InChI is InChI=1S/C23H24F2/c1-2-3-17-6-11-20(12-7-17)21-13-8-18(9-14-21)4-5-19-10-15-22(24)23(25)16-19/h8-10,13-17,20H,2-3,6-7,11-12H2,1H3/t17-,20?/i11D,12D2/t11-,17-,20?/m1/s1. The highest BCUT2D eigenvalue weighted by molar-refractivity contribution is 5.44. The highest BCUT2D eigenvalue weighted by Gasteiger charge is 2.21. The molecule has 1 fully saturated rings. The van der Waals surface area contributed by atoms with Crippen molar-refractivity contribution >= 4 is 0 Å². The van der Waals surface area contributed by atoms with Gasteiger partial charge in [-0.05, 0) is 73.3 Å². The van der Waals surface area contributed by atoms with Gasteiger partial charge in [-0.2, -0.15) is 0 Å². The van der Waals surface area contributed by atoms with Crippen molar-refractivity contribution in [3.05, 3.63) is 70.8 Å². The first-order valence-electron chi connectivity index (χ1n) is 10.4. The van der Waals surface area contributed by atoms with Crippen molar-refractivity contribution in [2.24, 2.45) is 5.92 Å². The normalized spacial score (nSPS) is 26.7. The Hall–Kier alpha value is -2.14. The zero-order valence-electron chi connectivity index (χ0n) is 17.4. The predicted octanol–water partition coefficient (Wildman–Crippen LogP) is 6.44. The Morgan fingerprint density at radius 2 is 1.72 bits per heavy atom. The summed E-state index contributed by atoms with van der Waals surface area (Å²) in [6.45, 7) is 2.10. The van der Waals surface area contributed by atoms with Gasteiger partial charge in [-0.3, -0.25) is 0 Å². The van der Waals surface area contributed by atoms with Crippen LogP contribution in [-0.4, -0.2) is 0 Å². The Morgan fingerprint density at radius 3 is 2.40 bits per heavy atom. The van der Waals surface area contributed by atoms with Gasteiger partial charge >= 0.3 is 0 Å². The van der Waals surface area contributed by atoms with Gasteiger partial charge in [0.15, 0.2) is 11.6 Å². The van der Waals surface area contributed by atoms with Crippen molar-refractivity contribution in [2.75, 3.05) is 0 Å². The van der Waals surface area contributed by atoms with Crippen LogP contribution in [0.1, 0.15) is 72.1 Å². The fourth-order valence-corrected chi connectivity index (χ4v) is 3.16. The van der Waals surface area contributed by atoms with E-state index in [1.54, 1.807) is 12.1 Å². The zero-order chi connectivity index (χ0) is 20.3. The average Bonchev–Trinajstić information content (AvgIpc) is 2.63. The maximum atomic E-state index is 13.3. The van der Waals surface area contributed by atoms with Gasteiger partial charge in [0.2, 0.25) is 0 Å². The number of benzene rings is 2. The second kappa shape index (κ2) is 8.30. The lowest BCUT2D eigenvalue weighted by Crippen LogP contribution is -2.13. The van der Waals surface area contributed by atoms with Crippen molar-refractivity contribution in [3.63, 3.8) is 0 Å². The third-order valence-corrected chi connectivity index (χ3v) is 4.57. The highest BCUT2D eigenvalue weighted by atomic mass is 19.2. The molecule has 0 radical (unpaired) electrons. The van der Waals surface area contributed by atoms with Crippen LogP contribution in [0, 0.1) is 29.4 Å². The van der Waals surface area contributed by atoms with E-state index in [-0.39, 0.29) is 5.92 Å². The Bertz CT molecular complexity index is 881. The van der Waals surface area contributed by atoms with E-state index in [2.05, 4.69) is 18.8 Å². The van der Waals surface area contributed by atoms with Gasteiger partial charge in [0.05, 0.1) is 0 Å². The van der Waals surface area contributed by atoms with Gasteiger partial charge in [0.1, 0.15) is 0 Å². The third kappa shape index (κ3) is 4.69.